The van der Waals surface area contributed by atoms with E-state index in [0.29, 0.717) is 26.9 Å². The van der Waals surface area contributed by atoms with Gasteiger partial charge in [0.05, 0.1) is 28.8 Å². The van der Waals surface area contributed by atoms with Crippen LogP contribution in [0, 0.1) is 0 Å². The van der Waals surface area contributed by atoms with Gasteiger partial charge in [0.15, 0.2) is 0 Å². The zero-order chi connectivity index (χ0) is 22.8. The molecular weight excluding hydrogens is 449 g/mol. The smallest absolute Gasteiger partial charge is 0.295 e. The summed E-state index contributed by atoms with van der Waals surface area (Å²) in [6, 6.07) is 20.0. The van der Waals surface area contributed by atoms with Crippen LogP contribution >= 0.6 is 23.2 Å². The fourth-order valence-electron chi connectivity index (χ4n) is 3.76. The lowest BCUT2D eigenvalue weighted by molar-refractivity contribution is -0.140. The maximum Gasteiger partial charge on any atom is 0.295 e. The minimum absolute atomic E-state index is 0.00510. The number of ketones is 1. The van der Waals surface area contributed by atoms with Gasteiger partial charge in [-0.3, -0.25) is 9.59 Å². The summed E-state index contributed by atoms with van der Waals surface area (Å²) in [6.45, 7) is 0.190. The summed E-state index contributed by atoms with van der Waals surface area (Å²) in [7, 11) is 1.54. The van der Waals surface area contributed by atoms with Crippen molar-refractivity contribution >= 4 is 40.7 Å². The second-order valence-electron chi connectivity index (χ2n) is 7.31. The van der Waals surface area contributed by atoms with Gasteiger partial charge in [-0.2, -0.15) is 0 Å². The topological polar surface area (TPSA) is 66.8 Å². The van der Waals surface area contributed by atoms with Gasteiger partial charge in [-0.15, -0.1) is 0 Å². The van der Waals surface area contributed by atoms with Crippen molar-refractivity contribution in [3.05, 3.63) is 105 Å². The van der Waals surface area contributed by atoms with E-state index >= 15 is 0 Å². The average Bonchev–Trinajstić information content (AvgIpc) is 3.06. The summed E-state index contributed by atoms with van der Waals surface area (Å²) >= 11 is 12.3. The molecule has 0 aliphatic carbocycles. The normalized spacial score (nSPS) is 17.6. The molecule has 0 radical (unpaired) electrons. The molecule has 1 unspecified atom stereocenters. The molecule has 3 aromatic rings. The van der Waals surface area contributed by atoms with E-state index in [1.807, 2.05) is 30.3 Å². The van der Waals surface area contributed by atoms with E-state index in [1.165, 1.54) is 12.0 Å². The summed E-state index contributed by atoms with van der Waals surface area (Å²) in [4.78, 5) is 27.6. The van der Waals surface area contributed by atoms with Gasteiger partial charge in [0.25, 0.3) is 11.7 Å². The van der Waals surface area contributed by atoms with Crippen LogP contribution in [0.2, 0.25) is 10.0 Å². The number of nitrogens with zero attached hydrogens (tertiary/aromatic N) is 1. The number of carbonyl (C=O) groups is 2. The van der Waals surface area contributed by atoms with Gasteiger partial charge in [-0.25, -0.2) is 0 Å². The van der Waals surface area contributed by atoms with Crippen LogP contribution in [0.1, 0.15) is 22.7 Å². The maximum atomic E-state index is 13.1. The van der Waals surface area contributed by atoms with E-state index in [4.69, 9.17) is 27.9 Å². The molecule has 1 aliphatic heterocycles. The van der Waals surface area contributed by atoms with E-state index in [1.54, 1.807) is 42.5 Å². The Hall–Kier alpha value is -3.28. The van der Waals surface area contributed by atoms with Gasteiger partial charge in [0.2, 0.25) is 0 Å². The Morgan fingerprint density at radius 3 is 2.28 bits per heavy atom. The number of hydrogen-bond donors (Lipinski definition) is 1. The van der Waals surface area contributed by atoms with Crippen molar-refractivity contribution in [2.75, 3.05) is 7.11 Å². The highest BCUT2D eigenvalue weighted by atomic mass is 35.5. The van der Waals surface area contributed by atoms with Crippen molar-refractivity contribution in [3.63, 3.8) is 0 Å². The molecule has 4 rings (SSSR count). The molecule has 1 aliphatic rings. The number of aliphatic hydroxyl groups is 1. The highest BCUT2D eigenvalue weighted by molar-refractivity contribution is 6.46. The first kappa shape index (κ1) is 21.9. The van der Waals surface area contributed by atoms with Gasteiger partial charge in [-0.05, 0) is 47.5 Å². The number of likely N-dealkylation sites (tertiary alicyclic amines) is 1. The molecule has 162 valence electrons. The lowest BCUT2D eigenvalue weighted by atomic mass is 9.95. The van der Waals surface area contributed by atoms with E-state index in [2.05, 4.69) is 0 Å². The van der Waals surface area contributed by atoms with Gasteiger partial charge in [0, 0.05) is 12.1 Å². The first-order valence-corrected chi connectivity index (χ1v) is 10.6. The molecular formula is C25H19Cl2NO4. The Bertz CT molecular complexity index is 1210. The van der Waals surface area contributed by atoms with Gasteiger partial charge >= 0.3 is 0 Å². The van der Waals surface area contributed by atoms with E-state index in [9.17, 15) is 14.7 Å². The van der Waals surface area contributed by atoms with Crippen molar-refractivity contribution in [1.82, 2.24) is 4.90 Å². The Balaban J connectivity index is 1.86. The van der Waals surface area contributed by atoms with Crippen molar-refractivity contribution in [2.45, 2.75) is 12.6 Å². The Kier molecular flexibility index (Phi) is 6.21. The highest BCUT2D eigenvalue weighted by Crippen LogP contribution is 2.41. The van der Waals surface area contributed by atoms with E-state index in [-0.39, 0.29) is 17.9 Å². The van der Waals surface area contributed by atoms with E-state index < -0.39 is 17.7 Å². The van der Waals surface area contributed by atoms with Crippen LogP contribution in [0.5, 0.6) is 5.75 Å². The molecule has 0 spiro atoms. The molecule has 0 saturated carbocycles. The van der Waals surface area contributed by atoms with Crippen LogP contribution in [-0.4, -0.2) is 28.8 Å². The molecule has 0 bridgehead atoms. The molecule has 3 aromatic carbocycles. The molecule has 0 aromatic heterocycles. The fraction of sp³-hybridized carbons (Fsp3) is 0.120. The summed E-state index contributed by atoms with van der Waals surface area (Å²) in [6.07, 6.45) is 0. The summed E-state index contributed by atoms with van der Waals surface area (Å²) in [5, 5.41) is 11.7. The summed E-state index contributed by atoms with van der Waals surface area (Å²) < 4.78 is 5.16. The number of hydrogen-bond acceptors (Lipinski definition) is 4. The second-order valence-corrected chi connectivity index (χ2v) is 8.13. The number of halogens is 2. The number of amides is 1. The van der Waals surface area contributed by atoms with Crippen LogP contribution in [0.3, 0.4) is 0 Å². The fourth-order valence-corrected chi connectivity index (χ4v) is 4.06. The van der Waals surface area contributed by atoms with Crippen LogP contribution in [0.15, 0.2) is 78.4 Å². The molecule has 32 heavy (non-hydrogen) atoms. The third-order valence-corrected chi connectivity index (χ3v) is 6.10. The Labute approximate surface area is 195 Å². The third-order valence-electron chi connectivity index (χ3n) is 5.36. The number of ether oxygens (including phenoxy) is 1. The molecule has 1 amide bonds. The number of rotatable bonds is 5. The van der Waals surface area contributed by atoms with Crippen LogP contribution in [-0.2, 0) is 16.1 Å². The largest absolute Gasteiger partial charge is 0.507 e. The molecule has 5 nitrogen and oxygen atoms in total. The molecule has 1 saturated heterocycles. The van der Waals surface area contributed by atoms with Gasteiger partial charge in [-0.1, -0.05) is 59.6 Å². The van der Waals surface area contributed by atoms with E-state index in [0.717, 1.165) is 5.56 Å². The Morgan fingerprint density at radius 2 is 1.66 bits per heavy atom. The van der Waals surface area contributed by atoms with Crippen molar-refractivity contribution in [3.8, 4) is 5.75 Å². The minimum Gasteiger partial charge on any atom is -0.507 e. The summed E-state index contributed by atoms with van der Waals surface area (Å²) in [5.41, 5.74) is 1.82. The lowest BCUT2D eigenvalue weighted by Crippen LogP contribution is -2.29. The monoisotopic (exact) mass is 467 g/mol. The number of Topliss-reactive ketones (excluding diaryl/α,β-unsaturated/α-hetero) is 1. The highest BCUT2D eigenvalue weighted by Gasteiger charge is 2.46. The molecule has 7 heteroatoms. The second kappa shape index (κ2) is 9.07. The lowest BCUT2D eigenvalue weighted by Gasteiger charge is -2.25. The van der Waals surface area contributed by atoms with Crippen LogP contribution < -0.4 is 4.74 Å². The number of benzene rings is 3. The molecule has 1 fully saturated rings. The molecule has 1 atom stereocenters. The van der Waals surface area contributed by atoms with Gasteiger partial charge in [0.1, 0.15) is 11.5 Å². The number of aliphatic hydroxyl groups excluding tert-OH is 1. The third kappa shape index (κ3) is 4.09. The quantitative estimate of drug-likeness (QED) is 0.300. The van der Waals surface area contributed by atoms with Gasteiger partial charge < -0.3 is 14.7 Å². The molecule has 1 N–H and O–H groups in total. The first-order chi connectivity index (χ1) is 15.4. The molecule has 1 heterocycles. The van der Waals surface area contributed by atoms with Crippen molar-refractivity contribution in [2.24, 2.45) is 0 Å². The summed E-state index contributed by atoms with van der Waals surface area (Å²) in [5.74, 6) is -1.12. The number of methoxy groups -OCH3 is 1. The minimum atomic E-state index is -0.827. The maximum absolute atomic E-state index is 13.1. The Morgan fingerprint density at radius 1 is 0.969 bits per heavy atom. The standard InChI is InChI=1S/C25H19Cl2NO4/c1-32-18-10-7-16(8-11-18)23(29)21-22(17-9-12-19(26)20(27)13-17)28(25(31)24(21)30)14-15-5-3-2-4-6-15/h2-13,22,29H,14H2,1H3. The van der Waals surface area contributed by atoms with Crippen molar-refractivity contribution < 1.29 is 19.4 Å². The number of carbonyl (C=O) groups excluding carboxylic acids is 2. The zero-order valence-electron chi connectivity index (χ0n) is 17.1. The van der Waals surface area contributed by atoms with Crippen LogP contribution in [0.4, 0.5) is 0 Å². The average molecular weight is 468 g/mol. The van der Waals surface area contributed by atoms with Crippen LogP contribution in [0.25, 0.3) is 5.76 Å². The zero-order valence-corrected chi connectivity index (χ0v) is 18.6. The SMILES string of the molecule is COc1ccc(C(O)=C2C(=O)C(=O)N(Cc3ccccc3)C2c2ccc(Cl)c(Cl)c2)cc1. The van der Waals surface area contributed by atoms with Crippen molar-refractivity contribution in [1.29, 1.82) is 0 Å². The predicted octanol–water partition coefficient (Wildman–Crippen LogP) is 5.62. The first-order valence-electron chi connectivity index (χ1n) is 9.82. The predicted molar refractivity (Wildman–Crippen MR) is 124 cm³/mol.